The Bertz CT molecular complexity index is 454. The van der Waals surface area contributed by atoms with Crippen molar-refractivity contribution >= 4 is 11.6 Å². The first-order valence-electron chi connectivity index (χ1n) is 6.57. The molecule has 1 unspecified atom stereocenters. The minimum Gasteiger partial charge on any atom is -0.508 e. The molecule has 2 heteroatoms. The van der Waals surface area contributed by atoms with Crippen LogP contribution in [0.3, 0.4) is 0 Å². The molecule has 0 spiro atoms. The fourth-order valence-corrected chi connectivity index (χ4v) is 2.42. The summed E-state index contributed by atoms with van der Waals surface area (Å²) >= 11 is 6.08. The highest BCUT2D eigenvalue weighted by atomic mass is 35.5. The summed E-state index contributed by atoms with van der Waals surface area (Å²) in [5.74, 6) is 1.38. The van der Waals surface area contributed by atoms with E-state index in [1.54, 1.807) is 12.1 Å². The van der Waals surface area contributed by atoms with Gasteiger partial charge in [-0.25, -0.2) is 0 Å². The van der Waals surface area contributed by atoms with Crippen molar-refractivity contribution in [3.63, 3.8) is 0 Å². The van der Waals surface area contributed by atoms with Gasteiger partial charge in [0.1, 0.15) is 5.75 Å². The summed E-state index contributed by atoms with van der Waals surface area (Å²) in [6, 6.07) is 16.0. The molecule has 0 radical (unpaired) electrons. The van der Waals surface area contributed by atoms with Crippen molar-refractivity contribution < 1.29 is 5.11 Å². The van der Waals surface area contributed by atoms with Gasteiger partial charge in [-0.05, 0) is 48.9 Å². The molecule has 0 amide bonds. The van der Waals surface area contributed by atoms with E-state index in [1.807, 2.05) is 12.1 Å². The molecule has 1 N–H and O–H groups in total. The lowest BCUT2D eigenvalue weighted by molar-refractivity contribution is 0.474. The second kappa shape index (κ2) is 6.63. The number of benzene rings is 2. The number of phenolic OH excluding ortho intramolecular Hbond substituents is 1. The number of rotatable bonds is 5. The topological polar surface area (TPSA) is 20.2 Å². The number of hydrogen-bond acceptors (Lipinski definition) is 1. The molecular weight excluding hydrogens is 256 g/mol. The molecular formula is C17H19ClO. The third kappa shape index (κ3) is 4.29. The van der Waals surface area contributed by atoms with E-state index >= 15 is 0 Å². The molecule has 0 bridgehead atoms. The molecule has 100 valence electrons. The Morgan fingerprint density at radius 1 is 0.895 bits per heavy atom. The third-order valence-corrected chi connectivity index (χ3v) is 3.76. The zero-order valence-corrected chi connectivity index (χ0v) is 11.9. The average Bonchev–Trinajstić information content (AvgIpc) is 2.43. The maximum absolute atomic E-state index is 9.28. The average molecular weight is 275 g/mol. The summed E-state index contributed by atoms with van der Waals surface area (Å²) in [6.45, 7) is 2.10. The van der Waals surface area contributed by atoms with E-state index in [0.717, 1.165) is 12.8 Å². The van der Waals surface area contributed by atoms with Crippen molar-refractivity contribution in [2.24, 2.45) is 5.92 Å². The lowest BCUT2D eigenvalue weighted by Crippen LogP contribution is -2.10. The van der Waals surface area contributed by atoms with Crippen LogP contribution >= 0.6 is 11.6 Å². The van der Waals surface area contributed by atoms with E-state index in [0.29, 0.717) is 17.5 Å². The highest BCUT2D eigenvalue weighted by Gasteiger charge is 2.09. The van der Waals surface area contributed by atoms with Gasteiger partial charge in [-0.2, -0.15) is 0 Å². The Hall–Kier alpha value is -1.47. The van der Waals surface area contributed by atoms with E-state index in [1.165, 1.54) is 16.7 Å². The second-order valence-corrected chi connectivity index (χ2v) is 5.39. The van der Waals surface area contributed by atoms with Gasteiger partial charge >= 0.3 is 0 Å². The van der Waals surface area contributed by atoms with Crippen molar-refractivity contribution in [2.45, 2.75) is 19.8 Å². The van der Waals surface area contributed by atoms with Crippen LogP contribution in [0.5, 0.6) is 5.75 Å². The van der Waals surface area contributed by atoms with Crippen molar-refractivity contribution in [1.29, 1.82) is 0 Å². The van der Waals surface area contributed by atoms with Crippen LogP contribution in [0.25, 0.3) is 0 Å². The number of aryl methyl sites for hydroxylation is 1. The van der Waals surface area contributed by atoms with Gasteiger partial charge in [-0.3, -0.25) is 0 Å². The van der Waals surface area contributed by atoms with Crippen LogP contribution in [0.4, 0.5) is 0 Å². The predicted octanol–water partition coefficient (Wildman–Crippen LogP) is 4.34. The third-order valence-electron chi connectivity index (χ3n) is 3.32. The van der Waals surface area contributed by atoms with Crippen molar-refractivity contribution in [2.75, 3.05) is 5.88 Å². The van der Waals surface area contributed by atoms with Crippen molar-refractivity contribution in [1.82, 2.24) is 0 Å². The number of phenols is 1. The number of aromatic hydroxyl groups is 1. The molecule has 0 heterocycles. The first-order chi connectivity index (χ1) is 9.17. The SMILES string of the molecule is Cc1ccc(CC(CCl)Cc2ccc(O)cc2)cc1. The molecule has 2 rings (SSSR count). The zero-order chi connectivity index (χ0) is 13.7. The Morgan fingerprint density at radius 2 is 1.37 bits per heavy atom. The van der Waals surface area contributed by atoms with Gasteiger partial charge in [0.15, 0.2) is 0 Å². The van der Waals surface area contributed by atoms with Crippen LogP contribution in [0.2, 0.25) is 0 Å². The van der Waals surface area contributed by atoms with E-state index in [9.17, 15) is 5.11 Å². The highest BCUT2D eigenvalue weighted by Crippen LogP contribution is 2.18. The molecule has 0 saturated carbocycles. The van der Waals surface area contributed by atoms with E-state index in [-0.39, 0.29) is 0 Å². The summed E-state index contributed by atoms with van der Waals surface area (Å²) < 4.78 is 0. The minimum atomic E-state index is 0.310. The zero-order valence-electron chi connectivity index (χ0n) is 11.1. The van der Waals surface area contributed by atoms with Gasteiger partial charge in [0.25, 0.3) is 0 Å². The van der Waals surface area contributed by atoms with Crippen LogP contribution in [0.15, 0.2) is 48.5 Å². The Kier molecular flexibility index (Phi) is 4.86. The quantitative estimate of drug-likeness (QED) is 0.804. The smallest absolute Gasteiger partial charge is 0.115 e. The van der Waals surface area contributed by atoms with Crippen LogP contribution in [0.1, 0.15) is 16.7 Å². The van der Waals surface area contributed by atoms with Crippen LogP contribution in [-0.4, -0.2) is 11.0 Å². The van der Waals surface area contributed by atoms with Gasteiger partial charge in [0.2, 0.25) is 0 Å². The van der Waals surface area contributed by atoms with Crippen LogP contribution in [-0.2, 0) is 12.8 Å². The second-order valence-electron chi connectivity index (χ2n) is 5.08. The summed E-state index contributed by atoms with van der Waals surface area (Å²) in [4.78, 5) is 0. The summed E-state index contributed by atoms with van der Waals surface area (Å²) in [5, 5.41) is 9.28. The number of halogens is 1. The van der Waals surface area contributed by atoms with Crippen molar-refractivity contribution in [3.05, 3.63) is 65.2 Å². The predicted molar refractivity (Wildman–Crippen MR) is 80.9 cm³/mol. The van der Waals surface area contributed by atoms with E-state index in [4.69, 9.17) is 11.6 Å². The van der Waals surface area contributed by atoms with Gasteiger partial charge in [0.05, 0.1) is 0 Å². The summed E-state index contributed by atoms with van der Waals surface area (Å²) in [7, 11) is 0. The molecule has 1 nitrogen and oxygen atoms in total. The van der Waals surface area contributed by atoms with Gasteiger partial charge < -0.3 is 5.11 Å². The minimum absolute atomic E-state index is 0.310. The van der Waals surface area contributed by atoms with Crippen LogP contribution in [0, 0.1) is 12.8 Å². The maximum Gasteiger partial charge on any atom is 0.115 e. The molecule has 0 aliphatic carbocycles. The molecule has 0 aromatic heterocycles. The van der Waals surface area contributed by atoms with Crippen LogP contribution < -0.4 is 0 Å². The van der Waals surface area contributed by atoms with Gasteiger partial charge in [-0.1, -0.05) is 42.0 Å². The van der Waals surface area contributed by atoms with Gasteiger partial charge in [-0.15, -0.1) is 11.6 Å². The highest BCUT2D eigenvalue weighted by molar-refractivity contribution is 6.18. The largest absolute Gasteiger partial charge is 0.508 e. The fourth-order valence-electron chi connectivity index (χ4n) is 2.20. The lowest BCUT2D eigenvalue weighted by atomic mass is 9.94. The monoisotopic (exact) mass is 274 g/mol. The lowest BCUT2D eigenvalue weighted by Gasteiger charge is -2.14. The molecule has 19 heavy (non-hydrogen) atoms. The molecule has 0 fully saturated rings. The summed E-state index contributed by atoms with van der Waals surface area (Å²) in [5.41, 5.74) is 3.83. The Balaban J connectivity index is 2.00. The van der Waals surface area contributed by atoms with Crippen molar-refractivity contribution in [3.8, 4) is 5.75 Å². The molecule has 1 atom stereocenters. The maximum atomic E-state index is 9.28. The van der Waals surface area contributed by atoms with E-state index < -0.39 is 0 Å². The molecule has 0 aliphatic heterocycles. The Labute approximate surface area is 119 Å². The Morgan fingerprint density at radius 3 is 1.84 bits per heavy atom. The van der Waals surface area contributed by atoms with E-state index in [2.05, 4.69) is 31.2 Å². The summed E-state index contributed by atoms with van der Waals surface area (Å²) in [6.07, 6.45) is 1.93. The standard InChI is InChI=1S/C17H19ClO/c1-13-2-4-14(5-3-13)10-16(12-18)11-15-6-8-17(19)9-7-15/h2-9,16,19H,10-12H2,1H3. The normalized spacial score (nSPS) is 12.3. The van der Waals surface area contributed by atoms with Gasteiger partial charge in [0, 0.05) is 5.88 Å². The molecule has 0 saturated heterocycles. The number of hydrogen-bond donors (Lipinski definition) is 1. The fraction of sp³-hybridized carbons (Fsp3) is 0.294. The number of alkyl halides is 1. The molecule has 0 aliphatic rings. The first kappa shape index (κ1) is 14.0. The molecule has 2 aromatic rings. The first-order valence-corrected chi connectivity index (χ1v) is 7.10. The molecule has 2 aromatic carbocycles.